The van der Waals surface area contributed by atoms with E-state index in [1.54, 1.807) is 12.0 Å². The Kier molecular flexibility index (Phi) is 8.94. The van der Waals surface area contributed by atoms with E-state index in [9.17, 15) is 19.8 Å². The van der Waals surface area contributed by atoms with Gasteiger partial charge in [-0.05, 0) is 25.0 Å². The molecule has 0 spiro atoms. The molecule has 3 N–H and O–H groups in total. The van der Waals surface area contributed by atoms with E-state index in [1.165, 1.54) is 0 Å². The molecule has 2 saturated heterocycles. The highest BCUT2D eigenvalue weighted by molar-refractivity contribution is 5.78. The minimum Gasteiger partial charge on any atom is -0.495 e. The summed E-state index contributed by atoms with van der Waals surface area (Å²) in [7, 11) is 1.64. The fourth-order valence-electron chi connectivity index (χ4n) is 4.56. The second-order valence-corrected chi connectivity index (χ2v) is 8.70. The van der Waals surface area contributed by atoms with E-state index >= 15 is 0 Å². The third kappa shape index (κ3) is 5.96. The monoisotopic (exact) mass is 463 g/mol. The lowest BCUT2D eigenvalue weighted by Crippen LogP contribution is -2.50. The maximum Gasteiger partial charge on any atom is 0.225 e. The Hall–Kier alpha value is -2.36. The largest absolute Gasteiger partial charge is 0.495 e. The van der Waals surface area contributed by atoms with Crippen LogP contribution in [0.3, 0.4) is 0 Å². The van der Waals surface area contributed by atoms with Crippen LogP contribution < -0.4 is 15.0 Å². The number of hydrogen-bond donors (Lipinski definition) is 3. The summed E-state index contributed by atoms with van der Waals surface area (Å²) in [6.07, 6.45) is -2.38. The normalized spacial score (nSPS) is 25.4. The molecule has 0 radical (unpaired) electrons. The van der Waals surface area contributed by atoms with Crippen molar-refractivity contribution in [1.82, 2.24) is 10.2 Å². The Morgan fingerprint density at radius 3 is 2.36 bits per heavy atom. The van der Waals surface area contributed by atoms with Gasteiger partial charge in [0.15, 0.2) is 0 Å². The highest BCUT2D eigenvalue weighted by Crippen LogP contribution is 2.29. The van der Waals surface area contributed by atoms with Gasteiger partial charge in [-0.25, -0.2) is 0 Å². The van der Waals surface area contributed by atoms with Crippen molar-refractivity contribution in [1.29, 1.82) is 0 Å². The maximum atomic E-state index is 12.9. The molecular formula is C24H37N3O6. The van der Waals surface area contributed by atoms with Crippen molar-refractivity contribution in [3.63, 3.8) is 0 Å². The van der Waals surface area contributed by atoms with Gasteiger partial charge in [0, 0.05) is 38.6 Å². The fraction of sp³-hybridized carbons (Fsp3) is 0.667. The molecule has 1 aromatic rings. The molecule has 0 unspecified atom stereocenters. The molecule has 4 atom stereocenters. The lowest BCUT2D eigenvalue weighted by atomic mass is 10.0. The van der Waals surface area contributed by atoms with Crippen LogP contribution in [0.1, 0.15) is 33.1 Å². The number of hydrogen-bond acceptors (Lipinski definition) is 7. The highest BCUT2D eigenvalue weighted by atomic mass is 16.5. The summed E-state index contributed by atoms with van der Waals surface area (Å²) in [6.45, 7) is 6.47. The molecule has 3 rings (SSSR count). The molecular weight excluding hydrogens is 426 g/mol. The van der Waals surface area contributed by atoms with Gasteiger partial charge in [0.1, 0.15) is 24.1 Å². The Bertz CT molecular complexity index is 794. The first-order chi connectivity index (χ1) is 15.9. The number of methoxy groups -OCH3 is 1. The van der Waals surface area contributed by atoms with Crippen LogP contribution >= 0.6 is 0 Å². The summed E-state index contributed by atoms with van der Waals surface area (Å²) in [6, 6.07) is 7.81. The van der Waals surface area contributed by atoms with Crippen molar-refractivity contribution >= 4 is 17.5 Å². The van der Waals surface area contributed by atoms with E-state index in [1.807, 2.05) is 38.1 Å². The van der Waals surface area contributed by atoms with Crippen LogP contribution in [0.4, 0.5) is 5.69 Å². The number of para-hydroxylation sites is 2. The average molecular weight is 464 g/mol. The van der Waals surface area contributed by atoms with Gasteiger partial charge in [-0.3, -0.25) is 9.59 Å². The number of nitrogens with zero attached hydrogens (tertiary/aromatic N) is 2. The van der Waals surface area contributed by atoms with Gasteiger partial charge in [-0.15, -0.1) is 0 Å². The maximum absolute atomic E-state index is 12.9. The second-order valence-electron chi connectivity index (χ2n) is 8.70. The number of amides is 2. The summed E-state index contributed by atoms with van der Waals surface area (Å²) in [5.41, 5.74) is 1.00. The van der Waals surface area contributed by atoms with Crippen molar-refractivity contribution < 1.29 is 29.3 Å². The average Bonchev–Trinajstić information content (AvgIpc) is 3.11. The lowest BCUT2D eigenvalue weighted by Gasteiger charge is -2.37. The molecule has 9 nitrogen and oxygen atoms in total. The SMILES string of the molecule is CCC(CC)C(=O)NC[C@H]1O[C@@H](CC(=O)N2CCN(c3ccccc3OC)CC2)[C@H](O)[C@@H]1O. The van der Waals surface area contributed by atoms with Gasteiger partial charge in [0.05, 0.1) is 25.3 Å². The molecule has 2 amide bonds. The first-order valence-electron chi connectivity index (χ1n) is 11.8. The van der Waals surface area contributed by atoms with Crippen LogP contribution in [0.2, 0.25) is 0 Å². The predicted molar refractivity (Wildman–Crippen MR) is 124 cm³/mol. The number of carbonyl (C=O) groups is 2. The van der Waals surface area contributed by atoms with Crippen molar-refractivity contribution in [3.8, 4) is 5.75 Å². The number of benzene rings is 1. The summed E-state index contributed by atoms with van der Waals surface area (Å²) >= 11 is 0. The molecule has 2 aliphatic rings. The Labute approximate surface area is 195 Å². The van der Waals surface area contributed by atoms with Crippen LogP contribution in [0.25, 0.3) is 0 Å². The van der Waals surface area contributed by atoms with Gasteiger partial charge in [-0.1, -0.05) is 26.0 Å². The topological polar surface area (TPSA) is 112 Å². The number of ether oxygens (including phenoxy) is 2. The molecule has 0 bridgehead atoms. The van der Waals surface area contributed by atoms with Gasteiger partial charge in [0.25, 0.3) is 0 Å². The van der Waals surface area contributed by atoms with Crippen LogP contribution in [-0.2, 0) is 14.3 Å². The van der Waals surface area contributed by atoms with Crippen LogP contribution in [0.15, 0.2) is 24.3 Å². The molecule has 1 aromatic carbocycles. The number of nitrogens with one attached hydrogen (secondary N) is 1. The zero-order chi connectivity index (χ0) is 24.0. The van der Waals surface area contributed by atoms with E-state index in [0.29, 0.717) is 26.2 Å². The predicted octanol–water partition coefficient (Wildman–Crippen LogP) is 0.776. The standard InChI is InChI=1S/C24H37N3O6/c1-4-16(5-2)24(31)25-15-20-23(30)22(29)19(33-20)14-21(28)27-12-10-26(11-13-27)17-8-6-7-9-18(17)32-3/h6-9,16,19-20,22-23,29-30H,4-5,10-15H2,1-3H3,(H,25,31)/t19-,20+,22-,23+/m0/s1. The zero-order valence-electron chi connectivity index (χ0n) is 19.8. The van der Waals surface area contributed by atoms with Crippen LogP contribution in [0.5, 0.6) is 5.75 Å². The van der Waals surface area contributed by atoms with Gasteiger partial charge >= 0.3 is 0 Å². The first kappa shape index (κ1) is 25.3. The smallest absolute Gasteiger partial charge is 0.225 e. The lowest BCUT2D eigenvalue weighted by molar-refractivity contribution is -0.136. The van der Waals surface area contributed by atoms with Gasteiger partial charge in [-0.2, -0.15) is 0 Å². The summed E-state index contributed by atoms with van der Waals surface area (Å²) in [4.78, 5) is 29.0. The quantitative estimate of drug-likeness (QED) is 0.496. The van der Waals surface area contributed by atoms with Crippen molar-refractivity contribution in [2.75, 3.05) is 44.7 Å². The Morgan fingerprint density at radius 2 is 1.73 bits per heavy atom. The number of aliphatic hydroxyl groups excluding tert-OH is 2. The zero-order valence-corrected chi connectivity index (χ0v) is 19.8. The molecule has 0 aromatic heterocycles. The van der Waals surface area contributed by atoms with E-state index in [4.69, 9.17) is 9.47 Å². The minimum absolute atomic E-state index is 0.0100. The van der Waals surface area contributed by atoms with Crippen molar-refractivity contribution in [2.24, 2.45) is 5.92 Å². The molecule has 2 aliphatic heterocycles. The Balaban J connectivity index is 1.49. The third-order valence-corrected chi connectivity index (χ3v) is 6.73. The molecule has 0 aliphatic carbocycles. The molecule has 9 heteroatoms. The second kappa shape index (κ2) is 11.7. The van der Waals surface area contributed by atoms with Crippen LogP contribution in [-0.4, -0.2) is 91.2 Å². The molecule has 0 saturated carbocycles. The third-order valence-electron chi connectivity index (χ3n) is 6.73. The number of piperazine rings is 1. The van der Waals surface area contributed by atoms with E-state index in [-0.39, 0.29) is 30.7 Å². The Morgan fingerprint density at radius 1 is 1.09 bits per heavy atom. The van der Waals surface area contributed by atoms with Crippen molar-refractivity contribution in [3.05, 3.63) is 24.3 Å². The van der Waals surface area contributed by atoms with Gasteiger partial charge in [0.2, 0.25) is 11.8 Å². The molecule has 33 heavy (non-hydrogen) atoms. The van der Waals surface area contributed by atoms with E-state index < -0.39 is 24.4 Å². The number of aliphatic hydroxyl groups is 2. The molecule has 2 heterocycles. The summed E-state index contributed by atoms with van der Waals surface area (Å²) in [5, 5.41) is 23.6. The summed E-state index contributed by atoms with van der Waals surface area (Å²) < 4.78 is 11.2. The number of carbonyl (C=O) groups excluding carboxylic acids is 2. The van der Waals surface area contributed by atoms with Crippen molar-refractivity contribution in [2.45, 2.75) is 57.5 Å². The van der Waals surface area contributed by atoms with E-state index in [2.05, 4.69) is 10.2 Å². The minimum atomic E-state index is -1.17. The summed E-state index contributed by atoms with van der Waals surface area (Å²) in [5.74, 6) is 0.516. The number of rotatable bonds is 9. The molecule has 184 valence electrons. The number of anilines is 1. The molecule has 2 fully saturated rings. The highest BCUT2D eigenvalue weighted by Gasteiger charge is 2.44. The van der Waals surface area contributed by atoms with Crippen LogP contribution in [0, 0.1) is 5.92 Å². The first-order valence-corrected chi connectivity index (χ1v) is 11.8. The fourth-order valence-corrected chi connectivity index (χ4v) is 4.56. The van der Waals surface area contributed by atoms with Gasteiger partial charge < -0.3 is 34.8 Å². The van der Waals surface area contributed by atoms with E-state index in [0.717, 1.165) is 24.3 Å².